The smallest absolute Gasteiger partial charge is 0.252 e. The molecule has 0 aromatic heterocycles. The quantitative estimate of drug-likeness (QED) is 0.825. The summed E-state index contributed by atoms with van der Waals surface area (Å²) in [6.45, 7) is 4.34. The first-order valence-electron chi connectivity index (χ1n) is 6.40. The predicted molar refractivity (Wildman–Crippen MR) is 81.6 cm³/mol. The lowest BCUT2D eigenvalue weighted by atomic mass is 9.96. The minimum Gasteiger partial charge on any atom is -0.391 e. The first kappa shape index (κ1) is 16.5. The van der Waals surface area contributed by atoms with Gasteiger partial charge in [0.25, 0.3) is 5.91 Å². The monoisotopic (exact) mass is 347 g/mol. The second-order valence-electron chi connectivity index (χ2n) is 4.48. The number of aliphatic hydroxyl groups excluding tert-OH is 1. The topological polar surface area (TPSA) is 49.3 Å². The maximum atomic E-state index is 12.0. The van der Waals surface area contributed by atoms with Gasteiger partial charge in [-0.15, -0.1) is 0 Å². The van der Waals surface area contributed by atoms with Crippen molar-refractivity contribution < 1.29 is 9.90 Å². The molecule has 19 heavy (non-hydrogen) atoms. The Bertz CT molecular complexity index is 435. The molecule has 0 aliphatic heterocycles. The van der Waals surface area contributed by atoms with E-state index in [2.05, 4.69) is 21.2 Å². The van der Waals surface area contributed by atoms with Crippen molar-refractivity contribution in [3.63, 3.8) is 0 Å². The van der Waals surface area contributed by atoms with Crippen LogP contribution in [0.15, 0.2) is 22.7 Å². The molecule has 1 unspecified atom stereocenters. The van der Waals surface area contributed by atoms with Gasteiger partial charge in [0.2, 0.25) is 0 Å². The summed E-state index contributed by atoms with van der Waals surface area (Å²) in [7, 11) is 0. The molecule has 0 spiro atoms. The van der Waals surface area contributed by atoms with Gasteiger partial charge in [-0.2, -0.15) is 0 Å². The zero-order valence-electron chi connectivity index (χ0n) is 11.1. The van der Waals surface area contributed by atoms with Crippen LogP contribution in [0.3, 0.4) is 0 Å². The third-order valence-electron chi connectivity index (χ3n) is 3.24. The number of nitrogens with one attached hydrogen (secondary N) is 1. The number of amides is 1. The molecule has 0 fully saturated rings. The molecule has 1 aromatic rings. The lowest BCUT2D eigenvalue weighted by molar-refractivity contribution is 0.0816. The number of benzene rings is 1. The minimum atomic E-state index is -0.509. The summed E-state index contributed by atoms with van der Waals surface area (Å²) in [5, 5.41) is 13.3. The molecule has 0 radical (unpaired) electrons. The average Bonchev–Trinajstić information content (AvgIpc) is 2.37. The minimum absolute atomic E-state index is 0.214. The van der Waals surface area contributed by atoms with Gasteiger partial charge in [-0.05, 0) is 40.0 Å². The summed E-state index contributed by atoms with van der Waals surface area (Å²) in [5.74, 6) is 0.00232. The van der Waals surface area contributed by atoms with E-state index in [4.69, 9.17) is 11.6 Å². The van der Waals surface area contributed by atoms with Gasteiger partial charge in [0.1, 0.15) is 0 Å². The van der Waals surface area contributed by atoms with E-state index in [-0.39, 0.29) is 18.4 Å². The van der Waals surface area contributed by atoms with E-state index in [9.17, 15) is 9.90 Å². The highest BCUT2D eigenvalue weighted by atomic mass is 79.9. The molecule has 0 bridgehead atoms. The van der Waals surface area contributed by atoms with Crippen molar-refractivity contribution >= 4 is 33.4 Å². The third-order valence-corrected chi connectivity index (χ3v) is 4.13. The maximum Gasteiger partial charge on any atom is 0.252 e. The van der Waals surface area contributed by atoms with Crippen molar-refractivity contribution in [3.05, 3.63) is 33.3 Å². The van der Waals surface area contributed by atoms with Crippen LogP contribution in [0.4, 0.5) is 0 Å². The van der Waals surface area contributed by atoms with E-state index in [0.717, 1.165) is 12.8 Å². The van der Waals surface area contributed by atoms with E-state index in [0.29, 0.717) is 15.1 Å². The van der Waals surface area contributed by atoms with Crippen LogP contribution in [0.1, 0.15) is 37.0 Å². The standard InChI is InChI=1S/C14H19BrClNO2/c1-3-9(4-2)13(18)8-17-14(19)11-6-5-10(16)7-12(11)15/h5-7,9,13,18H,3-4,8H2,1-2H3,(H,17,19). The molecule has 0 saturated carbocycles. The summed E-state index contributed by atoms with van der Waals surface area (Å²) in [4.78, 5) is 12.0. The van der Waals surface area contributed by atoms with Crippen molar-refractivity contribution in [2.75, 3.05) is 6.54 Å². The van der Waals surface area contributed by atoms with E-state index >= 15 is 0 Å². The number of hydrogen-bond donors (Lipinski definition) is 2. The Hall–Kier alpha value is -0.580. The maximum absolute atomic E-state index is 12.0. The van der Waals surface area contributed by atoms with Gasteiger partial charge in [-0.3, -0.25) is 4.79 Å². The van der Waals surface area contributed by atoms with Crippen LogP contribution in [0, 0.1) is 5.92 Å². The molecule has 0 saturated heterocycles. The number of rotatable bonds is 6. The van der Waals surface area contributed by atoms with Gasteiger partial charge < -0.3 is 10.4 Å². The number of carbonyl (C=O) groups excluding carboxylic acids is 1. The van der Waals surface area contributed by atoms with Gasteiger partial charge in [0.15, 0.2) is 0 Å². The highest BCUT2D eigenvalue weighted by Crippen LogP contribution is 2.21. The molecule has 2 N–H and O–H groups in total. The zero-order chi connectivity index (χ0) is 14.4. The normalized spacial score (nSPS) is 12.5. The van der Waals surface area contributed by atoms with Crippen molar-refractivity contribution in [3.8, 4) is 0 Å². The van der Waals surface area contributed by atoms with Crippen LogP contribution in [-0.2, 0) is 0 Å². The summed E-state index contributed by atoms with van der Waals surface area (Å²) in [5.41, 5.74) is 0.515. The Kier molecular flexibility index (Phi) is 6.83. The molecule has 1 atom stereocenters. The highest BCUT2D eigenvalue weighted by molar-refractivity contribution is 9.10. The Morgan fingerprint density at radius 3 is 2.58 bits per heavy atom. The van der Waals surface area contributed by atoms with Gasteiger partial charge in [0, 0.05) is 16.0 Å². The molecular formula is C14H19BrClNO2. The fourth-order valence-electron chi connectivity index (χ4n) is 1.97. The average molecular weight is 349 g/mol. The van der Waals surface area contributed by atoms with Gasteiger partial charge >= 0.3 is 0 Å². The first-order valence-corrected chi connectivity index (χ1v) is 7.58. The molecule has 5 heteroatoms. The van der Waals surface area contributed by atoms with Gasteiger partial charge in [-0.1, -0.05) is 38.3 Å². The summed E-state index contributed by atoms with van der Waals surface area (Å²) < 4.78 is 0.648. The van der Waals surface area contributed by atoms with Crippen molar-refractivity contribution in [1.29, 1.82) is 0 Å². The van der Waals surface area contributed by atoms with E-state index in [1.54, 1.807) is 18.2 Å². The van der Waals surface area contributed by atoms with Crippen LogP contribution in [-0.4, -0.2) is 23.7 Å². The van der Waals surface area contributed by atoms with Gasteiger partial charge in [0.05, 0.1) is 11.7 Å². The summed E-state index contributed by atoms with van der Waals surface area (Å²) in [6, 6.07) is 5.00. The number of carbonyl (C=O) groups is 1. The molecule has 0 heterocycles. The lowest BCUT2D eigenvalue weighted by Crippen LogP contribution is -2.36. The Morgan fingerprint density at radius 1 is 1.42 bits per heavy atom. The molecule has 106 valence electrons. The van der Waals surface area contributed by atoms with Crippen molar-refractivity contribution in [1.82, 2.24) is 5.32 Å². The van der Waals surface area contributed by atoms with Crippen LogP contribution in [0.5, 0.6) is 0 Å². The van der Waals surface area contributed by atoms with Crippen LogP contribution in [0.2, 0.25) is 5.02 Å². The molecule has 1 amide bonds. The van der Waals surface area contributed by atoms with E-state index in [1.165, 1.54) is 0 Å². The van der Waals surface area contributed by atoms with Crippen molar-refractivity contribution in [2.45, 2.75) is 32.8 Å². The number of aliphatic hydroxyl groups is 1. The Labute approximate surface area is 127 Å². The molecule has 0 aliphatic rings. The molecular weight excluding hydrogens is 330 g/mol. The lowest BCUT2D eigenvalue weighted by Gasteiger charge is -2.20. The van der Waals surface area contributed by atoms with E-state index in [1.807, 2.05) is 13.8 Å². The summed E-state index contributed by atoms with van der Waals surface area (Å²) in [6.07, 6.45) is 1.29. The second-order valence-corrected chi connectivity index (χ2v) is 5.77. The number of hydrogen-bond acceptors (Lipinski definition) is 2. The number of halogens is 2. The Morgan fingerprint density at radius 2 is 2.05 bits per heavy atom. The molecule has 0 aliphatic carbocycles. The van der Waals surface area contributed by atoms with Crippen molar-refractivity contribution in [2.24, 2.45) is 5.92 Å². The highest BCUT2D eigenvalue weighted by Gasteiger charge is 2.17. The van der Waals surface area contributed by atoms with Crippen LogP contribution >= 0.6 is 27.5 Å². The SMILES string of the molecule is CCC(CC)C(O)CNC(=O)c1ccc(Cl)cc1Br. The fourth-order valence-corrected chi connectivity index (χ4v) is 2.83. The predicted octanol–water partition coefficient (Wildman–Crippen LogP) is 3.63. The van der Waals surface area contributed by atoms with Crippen LogP contribution in [0.25, 0.3) is 0 Å². The second kappa shape index (κ2) is 7.88. The first-order chi connectivity index (χ1) is 8.99. The molecule has 1 aromatic carbocycles. The molecule has 1 rings (SSSR count). The third kappa shape index (κ3) is 4.79. The van der Waals surface area contributed by atoms with E-state index < -0.39 is 6.10 Å². The molecule has 3 nitrogen and oxygen atoms in total. The fraction of sp³-hybridized carbons (Fsp3) is 0.500. The van der Waals surface area contributed by atoms with Gasteiger partial charge in [-0.25, -0.2) is 0 Å². The zero-order valence-corrected chi connectivity index (χ0v) is 13.5. The largest absolute Gasteiger partial charge is 0.391 e. The summed E-state index contributed by atoms with van der Waals surface area (Å²) >= 11 is 9.13. The Balaban J connectivity index is 2.60. The van der Waals surface area contributed by atoms with Crippen LogP contribution < -0.4 is 5.32 Å².